The van der Waals surface area contributed by atoms with Crippen molar-refractivity contribution in [3.05, 3.63) is 17.5 Å². The van der Waals surface area contributed by atoms with E-state index in [1.807, 2.05) is 0 Å². The van der Waals surface area contributed by atoms with Crippen LogP contribution in [0.3, 0.4) is 0 Å². The summed E-state index contributed by atoms with van der Waals surface area (Å²) < 4.78 is 25.4. The third kappa shape index (κ3) is 2.01. The molecule has 6 heteroatoms. The number of alkyl halides is 2. The minimum atomic E-state index is -2.69. The largest absolute Gasteiger partial charge is 0.480 e. The molecule has 0 amide bonds. The van der Waals surface area contributed by atoms with Crippen molar-refractivity contribution in [2.24, 2.45) is 0 Å². The van der Waals surface area contributed by atoms with Gasteiger partial charge in [0.25, 0.3) is 6.43 Å². The zero-order valence-electron chi connectivity index (χ0n) is 6.87. The Kier molecular flexibility index (Phi) is 2.60. The summed E-state index contributed by atoms with van der Waals surface area (Å²) in [5.74, 6) is -1.19. The fourth-order valence-electron chi connectivity index (χ4n) is 1.03. The molecule has 0 aliphatic carbocycles. The second-order valence-electron chi connectivity index (χ2n) is 2.56. The van der Waals surface area contributed by atoms with Crippen molar-refractivity contribution >= 4 is 5.97 Å². The Bertz CT molecular complexity index is 322. The fourth-order valence-corrected chi connectivity index (χ4v) is 1.03. The lowest BCUT2D eigenvalue weighted by Gasteiger charge is -2.03. The maximum Gasteiger partial charge on any atom is 0.325 e. The zero-order valence-corrected chi connectivity index (χ0v) is 6.87. The maximum atomic E-state index is 12.3. The van der Waals surface area contributed by atoms with Crippen molar-refractivity contribution < 1.29 is 18.7 Å². The quantitative estimate of drug-likeness (QED) is 0.779. The van der Waals surface area contributed by atoms with Crippen molar-refractivity contribution in [1.29, 1.82) is 0 Å². The van der Waals surface area contributed by atoms with Crippen molar-refractivity contribution in [3.8, 4) is 0 Å². The Labute approximate surface area is 72.8 Å². The summed E-state index contributed by atoms with van der Waals surface area (Å²) in [6.45, 7) is 0.931. The number of rotatable bonds is 3. The molecule has 1 aromatic rings. The van der Waals surface area contributed by atoms with Gasteiger partial charge in [0.1, 0.15) is 12.2 Å². The van der Waals surface area contributed by atoms with Gasteiger partial charge in [0.15, 0.2) is 0 Å². The monoisotopic (exact) mass is 190 g/mol. The topological polar surface area (TPSA) is 55.1 Å². The van der Waals surface area contributed by atoms with Crippen LogP contribution in [0, 0.1) is 6.92 Å². The van der Waals surface area contributed by atoms with E-state index in [2.05, 4.69) is 5.10 Å². The Morgan fingerprint density at radius 3 is 2.85 bits per heavy atom. The number of nitrogens with zero attached hydrogens (tertiary/aromatic N) is 2. The van der Waals surface area contributed by atoms with E-state index in [1.54, 1.807) is 0 Å². The molecule has 0 aliphatic rings. The molecule has 4 nitrogen and oxygen atoms in total. The van der Waals surface area contributed by atoms with Gasteiger partial charge in [0, 0.05) is 0 Å². The number of halogens is 2. The van der Waals surface area contributed by atoms with Crippen molar-refractivity contribution in [2.45, 2.75) is 19.9 Å². The van der Waals surface area contributed by atoms with Gasteiger partial charge in [-0.15, -0.1) is 0 Å². The number of aromatic nitrogens is 2. The van der Waals surface area contributed by atoms with Crippen LogP contribution in [-0.2, 0) is 11.3 Å². The fraction of sp³-hybridized carbons (Fsp3) is 0.429. The van der Waals surface area contributed by atoms with Crippen LogP contribution in [0.25, 0.3) is 0 Å². The van der Waals surface area contributed by atoms with Crippen LogP contribution in [0.15, 0.2) is 6.20 Å². The van der Waals surface area contributed by atoms with Gasteiger partial charge < -0.3 is 5.11 Å². The number of aryl methyl sites for hydroxylation is 1. The predicted molar refractivity (Wildman–Crippen MR) is 39.6 cm³/mol. The minimum absolute atomic E-state index is 0.302. The van der Waals surface area contributed by atoms with E-state index in [4.69, 9.17) is 5.11 Å². The minimum Gasteiger partial charge on any atom is -0.480 e. The van der Waals surface area contributed by atoms with Gasteiger partial charge in [-0.1, -0.05) is 0 Å². The molecule has 0 aliphatic heterocycles. The molecule has 0 bridgehead atoms. The second kappa shape index (κ2) is 3.51. The molecule has 0 radical (unpaired) electrons. The van der Waals surface area contributed by atoms with Gasteiger partial charge in [-0.3, -0.25) is 9.48 Å². The van der Waals surface area contributed by atoms with Crippen LogP contribution >= 0.6 is 0 Å². The predicted octanol–water partition coefficient (Wildman–Crippen LogP) is 1.21. The molecule has 0 saturated heterocycles. The third-order valence-corrected chi connectivity index (χ3v) is 1.56. The molecular formula is C7H8F2N2O2. The SMILES string of the molecule is Cc1cnn(CC(=O)O)c1C(F)F. The number of hydrogen-bond donors (Lipinski definition) is 1. The molecule has 0 aromatic carbocycles. The lowest BCUT2D eigenvalue weighted by molar-refractivity contribution is -0.138. The second-order valence-corrected chi connectivity index (χ2v) is 2.56. The van der Waals surface area contributed by atoms with Crippen LogP contribution in [0.2, 0.25) is 0 Å². The van der Waals surface area contributed by atoms with E-state index in [9.17, 15) is 13.6 Å². The lowest BCUT2D eigenvalue weighted by atomic mass is 10.3. The molecule has 72 valence electrons. The normalized spacial score (nSPS) is 10.8. The highest BCUT2D eigenvalue weighted by atomic mass is 19.3. The Morgan fingerprint density at radius 1 is 1.77 bits per heavy atom. The van der Waals surface area contributed by atoms with Gasteiger partial charge in [-0.25, -0.2) is 8.78 Å². The number of carbonyl (C=O) groups is 1. The molecule has 1 heterocycles. The van der Waals surface area contributed by atoms with E-state index >= 15 is 0 Å². The summed E-state index contributed by atoms with van der Waals surface area (Å²) in [5.41, 5.74) is -0.0290. The van der Waals surface area contributed by atoms with E-state index < -0.39 is 18.9 Å². The molecule has 1 rings (SSSR count). The Morgan fingerprint density at radius 2 is 2.38 bits per heavy atom. The first kappa shape index (κ1) is 9.63. The van der Waals surface area contributed by atoms with E-state index in [1.165, 1.54) is 13.1 Å². The van der Waals surface area contributed by atoms with Gasteiger partial charge in [0.05, 0.1) is 6.20 Å². The van der Waals surface area contributed by atoms with Crippen LogP contribution in [0.5, 0.6) is 0 Å². The van der Waals surface area contributed by atoms with Crippen molar-refractivity contribution in [2.75, 3.05) is 0 Å². The summed E-state index contributed by atoms with van der Waals surface area (Å²) in [4.78, 5) is 10.2. The highest BCUT2D eigenvalue weighted by Gasteiger charge is 2.18. The van der Waals surface area contributed by atoms with E-state index in [0.29, 0.717) is 5.56 Å². The molecule has 0 saturated carbocycles. The third-order valence-electron chi connectivity index (χ3n) is 1.56. The van der Waals surface area contributed by atoms with Gasteiger partial charge >= 0.3 is 5.97 Å². The van der Waals surface area contributed by atoms with Gasteiger partial charge in [0.2, 0.25) is 0 Å². The molecule has 1 N–H and O–H groups in total. The van der Waals surface area contributed by atoms with Crippen LogP contribution in [0.4, 0.5) is 8.78 Å². The number of hydrogen-bond acceptors (Lipinski definition) is 2. The standard InChI is InChI=1S/C7H8F2N2O2/c1-4-2-10-11(3-5(12)13)6(4)7(8)9/h2,7H,3H2,1H3,(H,12,13). The van der Waals surface area contributed by atoms with Gasteiger partial charge in [-0.2, -0.15) is 5.10 Å². The average Bonchev–Trinajstić information content (AvgIpc) is 2.30. The van der Waals surface area contributed by atoms with E-state index in [-0.39, 0.29) is 5.69 Å². The first-order valence-electron chi connectivity index (χ1n) is 3.54. The van der Waals surface area contributed by atoms with Crippen LogP contribution in [0.1, 0.15) is 17.7 Å². The summed E-state index contributed by atoms with van der Waals surface area (Å²) in [5, 5.41) is 11.9. The zero-order chi connectivity index (χ0) is 10.0. The molecule has 1 aromatic heterocycles. The molecule has 0 atom stereocenters. The van der Waals surface area contributed by atoms with Gasteiger partial charge in [-0.05, 0) is 12.5 Å². The number of aliphatic carboxylic acids is 1. The number of carboxylic acids is 1. The first-order valence-corrected chi connectivity index (χ1v) is 3.54. The maximum absolute atomic E-state index is 12.3. The molecular weight excluding hydrogens is 182 g/mol. The van der Waals surface area contributed by atoms with Crippen LogP contribution in [-0.4, -0.2) is 20.9 Å². The summed E-state index contributed by atoms with van der Waals surface area (Å²) in [6.07, 6.45) is -1.47. The smallest absolute Gasteiger partial charge is 0.325 e. The molecule has 0 fully saturated rings. The summed E-state index contributed by atoms with van der Waals surface area (Å²) in [6, 6.07) is 0. The van der Waals surface area contributed by atoms with Crippen molar-refractivity contribution in [3.63, 3.8) is 0 Å². The highest BCUT2D eigenvalue weighted by Crippen LogP contribution is 2.21. The van der Waals surface area contributed by atoms with E-state index in [0.717, 1.165) is 4.68 Å². The lowest BCUT2D eigenvalue weighted by Crippen LogP contribution is -2.13. The molecule has 0 unspecified atom stereocenters. The number of carboxylic acid groups (broad SMARTS) is 1. The molecule has 13 heavy (non-hydrogen) atoms. The summed E-state index contributed by atoms with van der Waals surface area (Å²) in [7, 11) is 0. The molecule has 0 spiro atoms. The van der Waals surface area contributed by atoms with Crippen molar-refractivity contribution in [1.82, 2.24) is 9.78 Å². The average molecular weight is 190 g/mol. The highest BCUT2D eigenvalue weighted by molar-refractivity contribution is 5.66. The Balaban J connectivity index is 3.00. The summed E-state index contributed by atoms with van der Waals surface area (Å²) >= 11 is 0. The Hall–Kier alpha value is -1.46. The van der Waals surface area contributed by atoms with Crippen LogP contribution < -0.4 is 0 Å². The first-order chi connectivity index (χ1) is 6.02.